The number of thioether (sulfide) groups is 1. The number of imidazole rings is 1. The minimum atomic E-state index is 0.396. The molecule has 1 aromatic carbocycles. The van der Waals surface area contributed by atoms with Gasteiger partial charge in [-0.15, -0.1) is 0 Å². The molecule has 0 aliphatic heterocycles. The number of hydrogen-bond acceptors (Lipinski definition) is 4. The Kier molecular flexibility index (Phi) is 4.06. The van der Waals surface area contributed by atoms with E-state index in [9.17, 15) is 4.79 Å². The van der Waals surface area contributed by atoms with E-state index in [0.29, 0.717) is 16.3 Å². The number of aromatic nitrogens is 2. The molecule has 1 heterocycles. The van der Waals surface area contributed by atoms with Gasteiger partial charge in [-0.25, -0.2) is 4.98 Å². The van der Waals surface area contributed by atoms with E-state index in [1.54, 1.807) is 28.9 Å². The van der Waals surface area contributed by atoms with Crippen molar-refractivity contribution in [2.24, 2.45) is 0 Å². The second-order valence-electron chi connectivity index (χ2n) is 3.36. The molecule has 0 radical (unpaired) electrons. The van der Waals surface area contributed by atoms with Gasteiger partial charge in [-0.2, -0.15) is 0 Å². The van der Waals surface area contributed by atoms with Gasteiger partial charge in [0.15, 0.2) is 6.29 Å². The van der Waals surface area contributed by atoms with E-state index in [-0.39, 0.29) is 0 Å². The van der Waals surface area contributed by atoms with Crippen molar-refractivity contribution in [1.82, 2.24) is 9.55 Å². The van der Waals surface area contributed by atoms with E-state index in [2.05, 4.69) is 17.1 Å². The van der Waals surface area contributed by atoms with E-state index in [0.717, 1.165) is 5.75 Å². The highest BCUT2D eigenvalue weighted by atomic mass is 32.2. The van der Waals surface area contributed by atoms with Crippen molar-refractivity contribution >= 4 is 34.6 Å². The fourth-order valence-corrected chi connectivity index (χ4v) is 2.30. The van der Waals surface area contributed by atoms with E-state index in [4.69, 9.17) is 12.2 Å². The first kappa shape index (κ1) is 12.0. The Bertz CT molecular complexity index is 522. The Labute approximate surface area is 109 Å². The zero-order valence-electron chi connectivity index (χ0n) is 8.95. The van der Waals surface area contributed by atoms with Crippen molar-refractivity contribution < 1.29 is 4.79 Å². The highest BCUT2D eigenvalue weighted by molar-refractivity contribution is 8.22. The minimum absolute atomic E-state index is 0.396. The highest BCUT2D eigenvalue weighted by Gasteiger charge is 2.03. The van der Waals surface area contributed by atoms with Crippen molar-refractivity contribution in [2.45, 2.75) is 5.75 Å². The molecule has 0 amide bonds. The molecule has 3 nitrogen and oxygen atoms in total. The van der Waals surface area contributed by atoms with Crippen LogP contribution < -0.4 is 0 Å². The van der Waals surface area contributed by atoms with Crippen LogP contribution in [0.2, 0.25) is 0 Å². The van der Waals surface area contributed by atoms with Gasteiger partial charge in [-0.3, -0.25) is 9.36 Å². The lowest BCUT2D eigenvalue weighted by atomic mass is 10.2. The Hall–Kier alpha value is -1.46. The fourth-order valence-electron chi connectivity index (χ4n) is 1.29. The van der Waals surface area contributed by atoms with E-state index in [1.165, 1.54) is 5.56 Å². The van der Waals surface area contributed by atoms with Gasteiger partial charge >= 0.3 is 0 Å². The van der Waals surface area contributed by atoms with Crippen LogP contribution in [-0.2, 0) is 5.75 Å². The first-order valence-electron chi connectivity index (χ1n) is 5.00. The third-order valence-corrected chi connectivity index (χ3v) is 3.64. The minimum Gasteiger partial charge on any atom is -0.296 e. The average Bonchev–Trinajstić information content (AvgIpc) is 2.86. The molecule has 17 heavy (non-hydrogen) atoms. The van der Waals surface area contributed by atoms with Crippen molar-refractivity contribution in [3.8, 4) is 0 Å². The van der Waals surface area contributed by atoms with Gasteiger partial charge < -0.3 is 0 Å². The van der Waals surface area contributed by atoms with Crippen LogP contribution in [0.25, 0.3) is 0 Å². The maximum atomic E-state index is 10.5. The molecule has 1 aromatic heterocycles. The lowest BCUT2D eigenvalue weighted by Gasteiger charge is -2.03. The highest BCUT2D eigenvalue weighted by Crippen LogP contribution is 2.15. The molecule has 2 rings (SSSR count). The van der Waals surface area contributed by atoms with Crippen molar-refractivity contribution in [3.63, 3.8) is 0 Å². The zero-order valence-corrected chi connectivity index (χ0v) is 10.6. The van der Waals surface area contributed by atoms with Gasteiger partial charge in [0.25, 0.3) is 0 Å². The smallest absolute Gasteiger partial charge is 0.170 e. The first-order chi connectivity index (χ1) is 8.29. The second-order valence-corrected chi connectivity index (χ2v) is 4.97. The molecule has 0 atom stereocenters. The fraction of sp³-hybridized carbons (Fsp3) is 0.0833. The Balaban J connectivity index is 1.96. The van der Waals surface area contributed by atoms with Crippen molar-refractivity contribution in [1.29, 1.82) is 0 Å². The molecule has 0 unspecified atom stereocenters. The number of rotatable bonds is 3. The topological polar surface area (TPSA) is 34.9 Å². The van der Waals surface area contributed by atoms with E-state index < -0.39 is 0 Å². The molecule has 0 N–H and O–H groups in total. The van der Waals surface area contributed by atoms with Crippen LogP contribution in [0.1, 0.15) is 16.1 Å². The first-order valence-corrected chi connectivity index (χ1v) is 6.39. The molecule has 0 bridgehead atoms. The monoisotopic (exact) mass is 262 g/mol. The van der Waals surface area contributed by atoms with Gasteiger partial charge in [0.1, 0.15) is 16.3 Å². The molecular weight excluding hydrogens is 252 g/mol. The molecule has 0 saturated heterocycles. The molecule has 0 fully saturated rings. The van der Waals surface area contributed by atoms with Crippen LogP contribution in [-0.4, -0.2) is 20.2 Å². The SMILES string of the molecule is O=Cc1cn(C(=S)SCc2ccccc2)cn1. The van der Waals surface area contributed by atoms with Crippen LogP contribution >= 0.6 is 24.0 Å². The van der Waals surface area contributed by atoms with Crippen LogP contribution in [0.15, 0.2) is 42.9 Å². The quantitative estimate of drug-likeness (QED) is 0.629. The Morgan fingerprint density at radius 2 is 2.18 bits per heavy atom. The lowest BCUT2D eigenvalue weighted by molar-refractivity contribution is 0.111. The molecule has 0 spiro atoms. The molecule has 2 aromatic rings. The van der Waals surface area contributed by atoms with Crippen molar-refractivity contribution in [3.05, 3.63) is 54.1 Å². The normalized spacial score (nSPS) is 10.1. The third kappa shape index (κ3) is 3.25. The van der Waals surface area contributed by atoms with Gasteiger partial charge in [-0.1, -0.05) is 54.3 Å². The van der Waals surface area contributed by atoms with Crippen LogP contribution in [0.4, 0.5) is 0 Å². The Morgan fingerprint density at radius 3 is 2.82 bits per heavy atom. The summed E-state index contributed by atoms with van der Waals surface area (Å²) in [4.78, 5) is 14.4. The summed E-state index contributed by atoms with van der Waals surface area (Å²) in [5, 5.41) is 0. The Morgan fingerprint density at radius 1 is 1.41 bits per heavy atom. The zero-order chi connectivity index (χ0) is 12.1. The molecule has 0 saturated carbocycles. The number of thiocarbonyl (C=S) groups is 1. The summed E-state index contributed by atoms with van der Waals surface area (Å²) in [6, 6.07) is 10.1. The molecular formula is C12H10N2OS2. The van der Waals surface area contributed by atoms with E-state index >= 15 is 0 Å². The maximum Gasteiger partial charge on any atom is 0.170 e. The molecule has 5 heteroatoms. The third-order valence-electron chi connectivity index (χ3n) is 2.14. The maximum absolute atomic E-state index is 10.5. The predicted molar refractivity (Wildman–Crippen MR) is 73.3 cm³/mol. The van der Waals surface area contributed by atoms with Gasteiger partial charge in [-0.05, 0) is 5.56 Å². The largest absolute Gasteiger partial charge is 0.296 e. The number of hydrogen-bond donors (Lipinski definition) is 0. The summed E-state index contributed by atoms with van der Waals surface area (Å²) < 4.78 is 2.38. The summed E-state index contributed by atoms with van der Waals surface area (Å²) in [6.45, 7) is 0. The lowest BCUT2D eigenvalue weighted by Crippen LogP contribution is -2.01. The second kappa shape index (κ2) is 5.75. The number of carbonyl (C=O) groups is 1. The van der Waals surface area contributed by atoms with E-state index in [1.807, 2.05) is 18.2 Å². The van der Waals surface area contributed by atoms with Crippen LogP contribution in [0.5, 0.6) is 0 Å². The molecule has 0 aliphatic rings. The van der Waals surface area contributed by atoms with Gasteiger partial charge in [0, 0.05) is 11.9 Å². The van der Waals surface area contributed by atoms with Crippen LogP contribution in [0, 0.1) is 0 Å². The summed E-state index contributed by atoms with van der Waals surface area (Å²) in [5.41, 5.74) is 1.61. The number of aldehydes is 1. The number of nitrogens with zero attached hydrogens (tertiary/aromatic N) is 2. The van der Waals surface area contributed by atoms with Gasteiger partial charge in [0.05, 0.1) is 0 Å². The standard InChI is InChI=1S/C12H10N2OS2/c15-7-11-6-14(9-13-11)12(16)17-8-10-4-2-1-3-5-10/h1-7,9H,8H2. The summed E-state index contributed by atoms with van der Waals surface area (Å²) >= 11 is 6.80. The summed E-state index contributed by atoms with van der Waals surface area (Å²) in [7, 11) is 0. The van der Waals surface area contributed by atoms with Crippen molar-refractivity contribution in [2.75, 3.05) is 0 Å². The predicted octanol–water partition coefficient (Wildman–Crippen LogP) is 2.76. The molecule has 0 aliphatic carbocycles. The summed E-state index contributed by atoms with van der Waals surface area (Å²) in [5.74, 6) is 0.814. The van der Waals surface area contributed by atoms with Crippen LogP contribution in [0.3, 0.4) is 0 Å². The summed E-state index contributed by atoms with van der Waals surface area (Å²) in [6.07, 6.45) is 3.90. The average molecular weight is 262 g/mol. The number of benzene rings is 1. The van der Waals surface area contributed by atoms with Gasteiger partial charge in [0.2, 0.25) is 0 Å². The molecule has 86 valence electrons. The number of carbonyl (C=O) groups excluding carboxylic acids is 1.